The monoisotopic (exact) mass is 245 g/mol. The summed E-state index contributed by atoms with van der Waals surface area (Å²) in [5.74, 6) is 0.780. The van der Waals surface area contributed by atoms with E-state index < -0.39 is 0 Å². The molecule has 0 fully saturated rings. The van der Waals surface area contributed by atoms with Gasteiger partial charge in [-0.15, -0.1) is 0 Å². The highest BCUT2D eigenvalue weighted by Gasteiger charge is 2.05. The van der Waals surface area contributed by atoms with Gasteiger partial charge in [0.05, 0.1) is 19.9 Å². The SMILES string of the molecule is COc1ccc(Cn2ncc(C)c(N)c2=O)cc1. The minimum absolute atomic E-state index is 0.249. The van der Waals surface area contributed by atoms with Crippen LogP contribution in [0.3, 0.4) is 0 Å². The number of hydrogen-bond acceptors (Lipinski definition) is 4. The Morgan fingerprint density at radius 2 is 2.00 bits per heavy atom. The number of hydrogen-bond donors (Lipinski definition) is 1. The van der Waals surface area contributed by atoms with E-state index in [1.165, 1.54) is 4.68 Å². The maximum atomic E-state index is 11.9. The third-order valence-corrected chi connectivity index (χ3v) is 2.77. The van der Waals surface area contributed by atoms with Gasteiger partial charge in [0, 0.05) is 0 Å². The minimum atomic E-state index is -0.259. The molecule has 94 valence electrons. The lowest BCUT2D eigenvalue weighted by Crippen LogP contribution is -2.26. The van der Waals surface area contributed by atoms with E-state index in [0.29, 0.717) is 12.1 Å². The molecule has 5 heteroatoms. The first-order valence-corrected chi connectivity index (χ1v) is 5.57. The highest BCUT2D eigenvalue weighted by molar-refractivity contribution is 5.41. The standard InChI is InChI=1S/C13H15N3O2/c1-9-7-15-16(13(17)12(9)14)8-10-3-5-11(18-2)6-4-10/h3-7H,8,14H2,1-2H3. The molecule has 1 aromatic heterocycles. The van der Waals surface area contributed by atoms with Crippen molar-refractivity contribution in [3.63, 3.8) is 0 Å². The molecule has 2 rings (SSSR count). The predicted molar refractivity (Wildman–Crippen MR) is 69.7 cm³/mol. The molecule has 0 saturated carbocycles. The molecular formula is C13H15N3O2. The number of nitrogen functional groups attached to an aromatic ring is 1. The molecule has 0 spiro atoms. The highest BCUT2D eigenvalue weighted by Crippen LogP contribution is 2.11. The second-order valence-corrected chi connectivity index (χ2v) is 4.05. The molecule has 0 atom stereocenters. The smallest absolute Gasteiger partial charge is 0.290 e. The summed E-state index contributed by atoms with van der Waals surface area (Å²) in [6.07, 6.45) is 1.60. The molecule has 2 aromatic rings. The maximum absolute atomic E-state index is 11.9. The van der Waals surface area contributed by atoms with Crippen LogP contribution in [-0.2, 0) is 6.54 Å². The van der Waals surface area contributed by atoms with Crippen LogP contribution in [0.25, 0.3) is 0 Å². The van der Waals surface area contributed by atoms with Crippen LogP contribution in [0, 0.1) is 6.92 Å². The van der Waals surface area contributed by atoms with Crippen molar-refractivity contribution in [2.24, 2.45) is 0 Å². The first kappa shape index (κ1) is 12.2. The van der Waals surface area contributed by atoms with Crippen molar-refractivity contribution in [2.75, 3.05) is 12.8 Å². The van der Waals surface area contributed by atoms with Gasteiger partial charge in [0.15, 0.2) is 0 Å². The lowest BCUT2D eigenvalue weighted by Gasteiger charge is -2.07. The van der Waals surface area contributed by atoms with Crippen LogP contribution in [0.5, 0.6) is 5.75 Å². The van der Waals surface area contributed by atoms with Gasteiger partial charge in [0.2, 0.25) is 0 Å². The number of rotatable bonds is 3. The number of methoxy groups -OCH3 is 1. The zero-order valence-corrected chi connectivity index (χ0v) is 10.4. The van der Waals surface area contributed by atoms with Crippen molar-refractivity contribution in [1.29, 1.82) is 0 Å². The quantitative estimate of drug-likeness (QED) is 0.881. The highest BCUT2D eigenvalue weighted by atomic mass is 16.5. The summed E-state index contributed by atoms with van der Waals surface area (Å²) < 4.78 is 6.43. The Morgan fingerprint density at radius 3 is 2.61 bits per heavy atom. The van der Waals surface area contributed by atoms with Crippen LogP contribution in [0.15, 0.2) is 35.3 Å². The van der Waals surface area contributed by atoms with Crippen molar-refractivity contribution in [2.45, 2.75) is 13.5 Å². The summed E-state index contributed by atoms with van der Waals surface area (Å²) in [5.41, 5.74) is 7.35. The third kappa shape index (κ3) is 2.34. The Morgan fingerprint density at radius 1 is 1.33 bits per heavy atom. The molecule has 0 unspecified atom stereocenters. The van der Waals surface area contributed by atoms with Gasteiger partial charge >= 0.3 is 0 Å². The number of anilines is 1. The van der Waals surface area contributed by atoms with Crippen LogP contribution < -0.4 is 16.0 Å². The lowest BCUT2D eigenvalue weighted by atomic mass is 10.2. The number of nitrogens with zero attached hydrogens (tertiary/aromatic N) is 2. The van der Waals surface area contributed by atoms with Crippen molar-refractivity contribution in [1.82, 2.24) is 9.78 Å². The normalized spacial score (nSPS) is 10.3. The van der Waals surface area contributed by atoms with E-state index >= 15 is 0 Å². The summed E-state index contributed by atoms with van der Waals surface area (Å²) in [5, 5.41) is 4.07. The fraction of sp³-hybridized carbons (Fsp3) is 0.231. The van der Waals surface area contributed by atoms with Crippen LogP contribution >= 0.6 is 0 Å². The van der Waals surface area contributed by atoms with E-state index in [1.54, 1.807) is 20.2 Å². The van der Waals surface area contributed by atoms with Gasteiger partial charge in [-0.3, -0.25) is 4.79 Å². The molecule has 18 heavy (non-hydrogen) atoms. The van der Waals surface area contributed by atoms with Gasteiger partial charge in [0.1, 0.15) is 11.4 Å². The molecule has 0 aliphatic carbocycles. The first-order chi connectivity index (χ1) is 8.61. The van der Waals surface area contributed by atoms with Crippen LogP contribution in [0.1, 0.15) is 11.1 Å². The van der Waals surface area contributed by atoms with Crippen LogP contribution in [-0.4, -0.2) is 16.9 Å². The number of nitrogens with two attached hydrogens (primary N) is 1. The van der Waals surface area contributed by atoms with Crippen molar-refractivity contribution < 1.29 is 4.74 Å². The van der Waals surface area contributed by atoms with Crippen LogP contribution in [0.2, 0.25) is 0 Å². The van der Waals surface area contributed by atoms with Gasteiger partial charge < -0.3 is 10.5 Å². The van der Waals surface area contributed by atoms with E-state index in [0.717, 1.165) is 11.3 Å². The maximum Gasteiger partial charge on any atom is 0.290 e. The average molecular weight is 245 g/mol. The summed E-state index contributed by atoms with van der Waals surface area (Å²) in [6, 6.07) is 7.47. The largest absolute Gasteiger partial charge is 0.497 e. The van der Waals surface area contributed by atoms with Gasteiger partial charge in [-0.25, -0.2) is 4.68 Å². The zero-order chi connectivity index (χ0) is 13.1. The van der Waals surface area contributed by atoms with Gasteiger partial charge in [-0.2, -0.15) is 5.10 Å². The molecule has 1 heterocycles. The van der Waals surface area contributed by atoms with Gasteiger partial charge in [-0.1, -0.05) is 12.1 Å². The molecule has 2 N–H and O–H groups in total. The fourth-order valence-electron chi connectivity index (χ4n) is 1.60. The Kier molecular flexibility index (Phi) is 3.32. The predicted octanol–water partition coefficient (Wildman–Crippen LogP) is 1.19. The topological polar surface area (TPSA) is 70.1 Å². The fourth-order valence-corrected chi connectivity index (χ4v) is 1.60. The van der Waals surface area contributed by atoms with Crippen molar-refractivity contribution in [3.8, 4) is 5.75 Å². The molecular weight excluding hydrogens is 230 g/mol. The number of aromatic nitrogens is 2. The Hall–Kier alpha value is -2.30. The molecule has 0 saturated heterocycles. The van der Waals surface area contributed by atoms with E-state index in [1.807, 2.05) is 24.3 Å². The molecule has 0 aliphatic rings. The zero-order valence-electron chi connectivity index (χ0n) is 10.4. The number of ether oxygens (including phenoxy) is 1. The van der Waals surface area contributed by atoms with E-state index in [9.17, 15) is 4.79 Å². The molecule has 1 aromatic carbocycles. The van der Waals surface area contributed by atoms with Gasteiger partial charge in [-0.05, 0) is 30.2 Å². The van der Waals surface area contributed by atoms with Gasteiger partial charge in [0.25, 0.3) is 5.56 Å². The Labute approximate surface area is 105 Å². The lowest BCUT2D eigenvalue weighted by molar-refractivity contribution is 0.414. The molecule has 0 bridgehead atoms. The third-order valence-electron chi connectivity index (χ3n) is 2.77. The van der Waals surface area contributed by atoms with Crippen LogP contribution in [0.4, 0.5) is 5.69 Å². The Bertz CT molecular complexity index is 603. The van der Waals surface area contributed by atoms with Crippen molar-refractivity contribution in [3.05, 3.63) is 51.9 Å². The van der Waals surface area contributed by atoms with E-state index in [4.69, 9.17) is 10.5 Å². The average Bonchev–Trinajstić information content (AvgIpc) is 2.40. The van der Waals surface area contributed by atoms with E-state index in [2.05, 4.69) is 5.10 Å². The molecule has 0 amide bonds. The first-order valence-electron chi connectivity index (χ1n) is 5.57. The van der Waals surface area contributed by atoms with Crippen molar-refractivity contribution >= 4 is 5.69 Å². The molecule has 5 nitrogen and oxygen atoms in total. The molecule has 0 radical (unpaired) electrons. The summed E-state index contributed by atoms with van der Waals surface area (Å²) >= 11 is 0. The second kappa shape index (κ2) is 4.91. The summed E-state index contributed by atoms with van der Waals surface area (Å²) in [7, 11) is 1.61. The number of benzene rings is 1. The summed E-state index contributed by atoms with van der Waals surface area (Å²) in [6.45, 7) is 2.16. The number of aryl methyl sites for hydroxylation is 1. The minimum Gasteiger partial charge on any atom is -0.497 e. The van der Waals surface area contributed by atoms with E-state index in [-0.39, 0.29) is 11.2 Å². The summed E-state index contributed by atoms with van der Waals surface area (Å²) in [4.78, 5) is 11.9. The Balaban J connectivity index is 2.28. The molecule has 0 aliphatic heterocycles. The second-order valence-electron chi connectivity index (χ2n) is 4.05.